The van der Waals surface area contributed by atoms with E-state index < -0.39 is 33.3 Å². The van der Waals surface area contributed by atoms with Gasteiger partial charge in [0.25, 0.3) is 0 Å². The summed E-state index contributed by atoms with van der Waals surface area (Å²) in [4.78, 5) is 11.3. The number of ether oxygens (including phenoxy) is 1. The van der Waals surface area contributed by atoms with Gasteiger partial charge < -0.3 is 22.4 Å². The standard InChI is InChI=1S/C31H70O6Si4/c1-15-27(34-38(3,4)5)29(36-40(9,10)11)26-30(37-41(12,13)14)28(35-39(6,7)8)24-22-20-18-16-17-19-21-23-25-31(32)33-2/h27-30H,15-26H2,1-14H3. The van der Waals surface area contributed by atoms with Gasteiger partial charge in [-0.05, 0) is 97.8 Å². The first kappa shape index (κ1) is 41.2. The third-order valence-electron chi connectivity index (χ3n) is 6.56. The fraction of sp³-hybridized carbons (Fsp3) is 0.968. The quantitative estimate of drug-likeness (QED) is 0.0589. The molecule has 0 amide bonds. The zero-order chi connectivity index (χ0) is 31.9. The molecule has 6 nitrogen and oxygen atoms in total. The molecule has 0 N–H and O–H groups in total. The van der Waals surface area contributed by atoms with Crippen molar-refractivity contribution in [1.82, 2.24) is 0 Å². The molecule has 0 bridgehead atoms. The van der Waals surface area contributed by atoms with Crippen LogP contribution in [0, 0.1) is 0 Å². The molecular weight excluding hydrogens is 581 g/mol. The second-order valence-electron chi connectivity index (χ2n) is 15.7. The van der Waals surface area contributed by atoms with E-state index in [1.165, 1.54) is 39.2 Å². The van der Waals surface area contributed by atoms with E-state index in [2.05, 4.69) is 85.5 Å². The van der Waals surface area contributed by atoms with Gasteiger partial charge in [0.15, 0.2) is 33.3 Å². The number of rotatable bonds is 24. The van der Waals surface area contributed by atoms with Crippen LogP contribution in [0.5, 0.6) is 0 Å². The van der Waals surface area contributed by atoms with Crippen LogP contribution in [-0.2, 0) is 27.2 Å². The van der Waals surface area contributed by atoms with Crippen molar-refractivity contribution in [2.45, 2.75) is 187 Å². The Morgan fingerprint density at radius 2 is 0.854 bits per heavy atom. The van der Waals surface area contributed by atoms with Crippen molar-refractivity contribution in [2.75, 3.05) is 7.11 Å². The second-order valence-corrected chi connectivity index (χ2v) is 33.5. The van der Waals surface area contributed by atoms with Crippen LogP contribution in [0.1, 0.15) is 84.0 Å². The van der Waals surface area contributed by atoms with E-state index in [1.807, 2.05) is 0 Å². The molecule has 0 aliphatic heterocycles. The minimum absolute atomic E-state index is 0.0174. The van der Waals surface area contributed by atoms with E-state index in [0.717, 1.165) is 38.5 Å². The molecule has 0 aliphatic carbocycles. The number of hydrogen-bond donors (Lipinski definition) is 0. The summed E-state index contributed by atoms with van der Waals surface area (Å²) in [7, 11) is -5.70. The molecule has 246 valence electrons. The van der Waals surface area contributed by atoms with Gasteiger partial charge in [0.1, 0.15) is 0 Å². The van der Waals surface area contributed by atoms with Gasteiger partial charge in [-0.3, -0.25) is 4.79 Å². The maximum Gasteiger partial charge on any atom is 0.305 e. The Morgan fingerprint density at radius 1 is 0.512 bits per heavy atom. The highest BCUT2D eigenvalue weighted by Crippen LogP contribution is 2.29. The SMILES string of the molecule is CCC(O[Si](C)(C)C)C(CC(O[Si](C)(C)C)C(CCCCCCCCCCC(=O)OC)O[Si](C)(C)C)O[Si](C)(C)C. The molecule has 0 saturated heterocycles. The molecule has 0 aromatic heterocycles. The van der Waals surface area contributed by atoms with Crippen molar-refractivity contribution in [1.29, 1.82) is 0 Å². The normalized spacial score (nSPS) is 16.3. The van der Waals surface area contributed by atoms with Gasteiger partial charge in [0.2, 0.25) is 0 Å². The predicted octanol–water partition coefficient (Wildman–Crippen LogP) is 9.74. The lowest BCUT2D eigenvalue weighted by molar-refractivity contribution is -0.140. The predicted molar refractivity (Wildman–Crippen MR) is 186 cm³/mol. The monoisotopic (exact) mass is 650 g/mol. The van der Waals surface area contributed by atoms with E-state index >= 15 is 0 Å². The smallest absolute Gasteiger partial charge is 0.305 e. The van der Waals surface area contributed by atoms with Crippen LogP contribution in [0.4, 0.5) is 0 Å². The van der Waals surface area contributed by atoms with Crippen LogP contribution in [0.2, 0.25) is 78.6 Å². The van der Waals surface area contributed by atoms with Crippen molar-refractivity contribution in [2.24, 2.45) is 0 Å². The Balaban J connectivity index is 5.48. The minimum Gasteiger partial charge on any atom is -0.469 e. The van der Waals surface area contributed by atoms with Gasteiger partial charge in [-0.15, -0.1) is 0 Å². The minimum atomic E-state index is -1.83. The molecule has 0 heterocycles. The van der Waals surface area contributed by atoms with E-state index in [0.29, 0.717) is 6.42 Å². The van der Waals surface area contributed by atoms with Crippen LogP contribution in [-0.4, -0.2) is 70.8 Å². The Morgan fingerprint density at radius 3 is 1.24 bits per heavy atom. The summed E-state index contributed by atoms with van der Waals surface area (Å²) >= 11 is 0. The molecule has 0 spiro atoms. The zero-order valence-electron chi connectivity index (χ0n) is 29.7. The molecule has 0 radical (unpaired) electrons. The summed E-state index contributed by atoms with van der Waals surface area (Å²) < 4.78 is 32.2. The molecule has 0 aromatic carbocycles. The molecular formula is C31H70O6Si4. The maximum absolute atomic E-state index is 11.3. The summed E-state index contributed by atoms with van der Waals surface area (Å²) in [5.41, 5.74) is 0. The van der Waals surface area contributed by atoms with Crippen molar-refractivity contribution in [3.63, 3.8) is 0 Å². The molecule has 4 unspecified atom stereocenters. The lowest BCUT2D eigenvalue weighted by atomic mass is 9.97. The van der Waals surface area contributed by atoms with Gasteiger partial charge in [0, 0.05) is 12.8 Å². The molecule has 4 atom stereocenters. The first-order chi connectivity index (χ1) is 18.7. The fourth-order valence-corrected chi connectivity index (χ4v) is 9.83. The Kier molecular flexibility index (Phi) is 19.6. The highest BCUT2D eigenvalue weighted by atomic mass is 28.4. The number of carbonyl (C=O) groups excluding carboxylic acids is 1. The molecule has 10 heteroatoms. The number of esters is 1. The number of carbonyl (C=O) groups is 1. The van der Waals surface area contributed by atoms with E-state index in [9.17, 15) is 4.79 Å². The van der Waals surface area contributed by atoms with Crippen LogP contribution in [0.15, 0.2) is 0 Å². The van der Waals surface area contributed by atoms with Gasteiger partial charge in [-0.1, -0.05) is 51.9 Å². The Hall–Kier alpha value is 0.178. The van der Waals surface area contributed by atoms with Gasteiger partial charge in [0.05, 0.1) is 31.5 Å². The van der Waals surface area contributed by atoms with Crippen LogP contribution in [0.25, 0.3) is 0 Å². The van der Waals surface area contributed by atoms with Gasteiger partial charge in [-0.25, -0.2) is 0 Å². The van der Waals surface area contributed by atoms with E-state index in [-0.39, 0.29) is 30.4 Å². The summed E-state index contributed by atoms with van der Waals surface area (Å²) in [5.74, 6) is -0.0938. The number of methoxy groups -OCH3 is 1. The van der Waals surface area contributed by atoms with E-state index in [1.54, 1.807) is 0 Å². The summed E-state index contributed by atoms with van der Waals surface area (Å²) in [6, 6.07) is 0. The summed E-state index contributed by atoms with van der Waals surface area (Å²) in [5, 5.41) is 0. The highest BCUT2D eigenvalue weighted by molar-refractivity contribution is 6.71. The summed E-state index contributed by atoms with van der Waals surface area (Å²) in [6.45, 7) is 29.7. The third-order valence-corrected chi connectivity index (χ3v) is 10.6. The first-order valence-electron chi connectivity index (χ1n) is 16.4. The van der Waals surface area contributed by atoms with Crippen molar-refractivity contribution >= 4 is 39.2 Å². The third kappa shape index (κ3) is 24.2. The first-order valence-corrected chi connectivity index (χ1v) is 30.1. The van der Waals surface area contributed by atoms with Crippen LogP contribution >= 0.6 is 0 Å². The number of unbranched alkanes of at least 4 members (excludes halogenated alkanes) is 7. The van der Waals surface area contributed by atoms with Gasteiger partial charge in [-0.2, -0.15) is 0 Å². The Labute approximate surface area is 259 Å². The summed E-state index contributed by atoms with van der Waals surface area (Å²) in [6.07, 6.45) is 12.9. The number of hydrogen-bond acceptors (Lipinski definition) is 6. The van der Waals surface area contributed by atoms with Crippen LogP contribution < -0.4 is 0 Å². The largest absolute Gasteiger partial charge is 0.469 e. The average Bonchev–Trinajstić information content (AvgIpc) is 2.78. The van der Waals surface area contributed by atoms with Crippen LogP contribution in [0.3, 0.4) is 0 Å². The molecule has 0 aromatic rings. The molecule has 0 aliphatic rings. The van der Waals surface area contributed by atoms with Crippen molar-refractivity contribution in [3.05, 3.63) is 0 Å². The zero-order valence-corrected chi connectivity index (χ0v) is 33.7. The highest BCUT2D eigenvalue weighted by Gasteiger charge is 2.38. The second kappa shape index (κ2) is 19.5. The average molecular weight is 651 g/mol. The topological polar surface area (TPSA) is 63.2 Å². The molecule has 0 fully saturated rings. The molecule has 0 rings (SSSR count). The molecule has 41 heavy (non-hydrogen) atoms. The lowest BCUT2D eigenvalue weighted by Crippen LogP contribution is -2.50. The Bertz CT molecular complexity index is 695. The molecule has 0 saturated carbocycles. The van der Waals surface area contributed by atoms with Gasteiger partial charge >= 0.3 is 5.97 Å². The maximum atomic E-state index is 11.3. The van der Waals surface area contributed by atoms with Crippen molar-refractivity contribution < 1.29 is 27.2 Å². The lowest BCUT2D eigenvalue weighted by Gasteiger charge is -2.41. The van der Waals surface area contributed by atoms with E-state index in [4.69, 9.17) is 22.4 Å². The fourth-order valence-electron chi connectivity index (χ4n) is 5.12. The van der Waals surface area contributed by atoms with Crippen molar-refractivity contribution in [3.8, 4) is 0 Å².